The summed E-state index contributed by atoms with van der Waals surface area (Å²) < 4.78 is 26.1. The van der Waals surface area contributed by atoms with Crippen molar-refractivity contribution in [3.63, 3.8) is 0 Å². The summed E-state index contributed by atoms with van der Waals surface area (Å²) in [6.07, 6.45) is 2.06. The highest BCUT2D eigenvalue weighted by molar-refractivity contribution is 7.92. The fourth-order valence-corrected chi connectivity index (χ4v) is 3.52. The first-order valence-electron chi connectivity index (χ1n) is 5.78. The molecule has 0 aliphatic heterocycles. The zero-order valence-corrected chi connectivity index (χ0v) is 12.9. The molecular weight excluding hydrogens is 284 g/mol. The largest absolute Gasteiger partial charge is 0.384 e. The lowest BCUT2D eigenvalue weighted by atomic mass is 9.94. The van der Waals surface area contributed by atoms with Crippen LogP contribution in [0.4, 0.5) is 5.13 Å². The molecule has 0 aliphatic rings. The van der Waals surface area contributed by atoms with Gasteiger partial charge in [0.25, 0.3) is 0 Å². The predicted octanol–water partition coefficient (Wildman–Crippen LogP) is 1.66. The van der Waals surface area contributed by atoms with Gasteiger partial charge in [0.15, 0.2) is 5.13 Å². The number of anilines is 1. The van der Waals surface area contributed by atoms with E-state index in [1.807, 2.05) is 20.8 Å². The number of thiazole rings is 1. The van der Waals surface area contributed by atoms with Gasteiger partial charge in [-0.2, -0.15) is 0 Å². The van der Waals surface area contributed by atoms with Crippen LogP contribution in [0.15, 0.2) is 6.20 Å². The Labute approximate surface area is 118 Å². The van der Waals surface area contributed by atoms with Crippen molar-refractivity contribution in [2.75, 3.05) is 17.1 Å². The first kappa shape index (κ1) is 16.0. The van der Waals surface area contributed by atoms with E-state index in [1.165, 1.54) is 6.20 Å². The number of hydrogen-bond donors (Lipinski definition) is 2. The van der Waals surface area contributed by atoms with Gasteiger partial charge in [0, 0.05) is 0 Å². The number of rotatable bonds is 4. The molecule has 1 heterocycles. The Morgan fingerprint density at radius 3 is 2.74 bits per heavy atom. The standard InChI is InChI=1S/C12H18N2O3S2/c1-12(2,3)6-8-19(16,17)14-11-13-9-10(18-11)5-4-7-15/h9,15H,6-8H2,1-3H3,(H,13,14). The molecule has 0 aliphatic carbocycles. The smallest absolute Gasteiger partial charge is 0.234 e. The fourth-order valence-electron chi connectivity index (χ4n) is 1.13. The van der Waals surface area contributed by atoms with E-state index in [2.05, 4.69) is 21.5 Å². The predicted molar refractivity (Wildman–Crippen MR) is 77.6 cm³/mol. The van der Waals surface area contributed by atoms with Gasteiger partial charge >= 0.3 is 0 Å². The van der Waals surface area contributed by atoms with E-state index in [9.17, 15) is 8.42 Å². The summed E-state index contributed by atoms with van der Waals surface area (Å²) >= 11 is 1.15. The van der Waals surface area contributed by atoms with Crippen LogP contribution in [0.2, 0.25) is 0 Å². The van der Waals surface area contributed by atoms with Crippen molar-refractivity contribution in [2.45, 2.75) is 27.2 Å². The molecule has 0 atom stereocenters. The Bertz CT molecular complexity index is 574. The van der Waals surface area contributed by atoms with Gasteiger partial charge in [-0.3, -0.25) is 4.72 Å². The van der Waals surface area contributed by atoms with E-state index in [-0.39, 0.29) is 17.8 Å². The Morgan fingerprint density at radius 2 is 2.16 bits per heavy atom. The molecule has 1 rings (SSSR count). The minimum atomic E-state index is -3.37. The number of aliphatic hydroxyl groups excluding tert-OH is 1. The lowest BCUT2D eigenvalue weighted by Crippen LogP contribution is -2.20. The molecular formula is C12H18N2O3S2. The Balaban J connectivity index is 2.65. The Kier molecular flexibility index (Phi) is 5.35. The maximum Gasteiger partial charge on any atom is 0.234 e. The van der Waals surface area contributed by atoms with Crippen LogP contribution in [-0.4, -0.2) is 30.9 Å². The molecule has 0 radical (unpaired) electrons. The average molecular weight is 302 g/mol. The highest BCUT2D eigenvalue weighted by Gasteiger charge is 2.18. The summed E-state index contributed by atoms with van der Waals surface area (Å²) in [5, 5.41) is 8.87. The van der Waals surface area contributed by atoms with Gasteiger partial charge < -0.3 is 5.11 Å². The van der Waals surface area contributed by atoms with Crippen LogP contribution in [0.25, 0.3) is 0 Å². The van der Waals surface area contributed by atoms with Gasteiger partial charge in [0.2, 0.25) is 10.0 Å². The van der Waals surface area contributed by atoms with Gasteiger partial charge in [-0.25, -0.2) is 13.4 Å². The number of hydrogen-bond acceptors (Lipinski definition) is 5. The third kappa shape index (κ3) is 6.57. The highest BCUT2D eigenvalue weighted by Crippen LogP contribution is 2.22. The van der Waals surface area contributed by atoms with Gasteiger partial charge in [-0.05, 0) is 11.8 Å². The average Bonchev–Trinajstić information content (AvgIpc) is 2.70. The van der Waals surface area contributed by atoms with Crippen LogP contribution in [0.3, 0.4) is 0 Å². The number of aromatic nitrogens is 1. The minimum Gasteiger partial charge on any atom is -0.384 e. The third-order valence-corrected chi connectivity index (χ3v) is 4.36. The van der Waals surface area contributed by atoms with E-state index in [1.54, 1.807) is 0 Å². The third-order valence-electron chi connectivity index (χ3n) is 2.16. The second kappa shape index (κ2) is 6.37. The normalized spacial score (nSPS) is 11.8. The second-order valence-corrected chi connectivity index (χ2v) is 8.09. The Hall–Kier alpha value is -1.10. The Morgan fingerprint density at radius 1 is 1.47 bits per heavy atom. The van der Waals surface area contributed by atoms with E-state index in [0.717, 1.165) is 11.3 Å². The first-order chi connectivity index (χ1) is 8.72. The maximum atomic E-state index is 11.8. The minimum absolute atomic E-state index is 0.0324. The van der Waals surface area contributed by atoms with Gasteiger partial charge in [-0.1, -0.05) is 43.9 Å². The summed E-state index contributed by atoms with van der Waals surface area (Å²) in [5.41, 5.74) is -0.0324. The molecule has 0 aromatic carbocycles. The van der Waals surface area contributed by atoms with Crippen LogP contribution in [0.5, 0.6) is 0 Å². The lowest BCUT2D eigenvalue weighted by Gasteiger charge is -2.17. The quantitative estimate of drug-likeness (QED) is 0.829. The number of nitrogens with one attached hydrogen (secondary N) is 1. The summed E-state index contributed by atoms with van der Waals surface area (Å²) in [6.45, 7) is 5.75. The molecule has 7 heteroatoms. The van der Waals surface area contributed by atoms with Crippen molar-refractivity contribution < 1.29 is 13.5 Å². The summed E-state index contributed by atoms with van der Waals surface area (Å²) in [5.74, 6) is 5.23. The molecule has 19 heavy (non-hydrogen) atoms. The van der Waals surface area contributed by atoms with Gasteiger partial charge in [0.1, 0.15) is 6.61 Å². The van der Waals surface area contributed by atoms with Crippen LogP contribution >= 0.6 is 11.3 Å². The van der Waals surface area contributed by atoms with Crippen molar-refractivity contribution in [2.24, 2.45) is 5.41 Å². The SMILES string of the molecule is CC(C)(C)CCS(=O)(=O)Nc1ncc(C#CCO)s1. The number of aliphatic hydroxyl groups is 1. The lowest BCUT2D eigenvalue weighted by molar-refractivity contribution is 0.350. The van der Waals surface area contributed by atoms with E-state index in [4.69, 9.17) is 5.11 Å². The molecule has 1 aromatic heterocycles. The molecule has 0 saturated heterocycles. The van der Waals surface area contributed by atoms with Crippen molar-refractivity contribution in [3.8, 4) is 11.8 Å². The molecule has 5 nitrogen and oxygen atoms in total. The van der Waals surface area contributed by atoms with Gasteiger partial charge in [0.05, 0.1) is 16.8 Å². The van der Waals surface area contributed by atoms with Crippen LogP contribution in [-0.2, 0) is 10.0 Å². The van der Waals surface area contributed by atoms with Crippen LogP contribution < -0.4 is 4.72 Å². The molecule has 0 spiro atoms. The summed E-state index contributed by atoms with van der Waals surface area (Å²) in [7, 11) is -3.37. The summed E-state index contributed by atoms with van der Waals surface area (Å²) in [6, 6.07) is 0. The molecule has 0 saturated carbocycles. The van der Waals surface area contributed by atoms with Crippen molar-refractivity contribution in [1.82, 2.24) is 4.98 Å². The van der Waals surface area contributed by atoms with Crippen molar-refractivity contribution >= 4 is 26.5 Å². The van der Waals surface area contributed by atoms with E-state index in [0.29, 0.717) is 16.4 Å². The zero-order valence-electron chi connectivity index (χ0n) is 11.2. The van der Waals surface area contributed by atoms with E-state index >= 15 is 0 Å². The topological polar surface area (TPSA) is 79.3 Å². The second-order valence-electron chi connectivity index (χ2n) is 5.22. The molecule has 0 bridgehead atoms. The van der Waals surface area contributed by atoms with E-state index < -0.39 is 10.0 Å². The molecule has 0 unspecified atom stereocenters. The molecule has 1 aromatic rings. The summed E-state index contributed by atoms with van der Waals surface area (Å²) in [4.78, 5) is 4.56. The van der Waals surface area contributed by atoms with Crippen molar-refractivity contribution in [3.05, 3.63) is 11.1 Å². The van der Waals surface area contributed by atoms with Crippen LogP contribution in [0.1, 0.15) is 32.1 Å². The molecule has 0 amide bonds. The highest BCUT2D eigenvalue weighted by atomic mass is 32.2. The fraction of sp³-hybridized carbons (Fsp3) is 0.583. The zero-order chi connectivity index (χ0) is 14.5. The number of sulfonamides is 1. The maximum absolute atomic E-state index is 11.8. The molecule has 106 valence electrons. The van der Waals surface area contributed by atoms with Crippen molar-refractivity contribution in [1.29, 1.82) is 0 Å². The molecule has 2 N–H and O–H groups in total. The monoisotopic (exact) mass is 302 g/mol. The van der Waals surface area contributed by atoms with Gasteiger partial charge in [-0.15, -0.1) is 0 Å². The number of nitrogens with zero attached hydrogens (tertiary/aromatic N) is 1. The van der Waals surface area contributed by atoms with Crippen LogP contribution in [0, 0.1) is 17.3 Å². The first-order valence-corrected chi connectivity index (χ1v) is 8.25. The molecule has 0 fully saturated rings.